The average Bonchev–Trinajstić information content (AvgIpc) is 2.82. The second-order valence-corrected chi connectivity index (χ2v) is 4.74. The van der Waals surface area contributed by atoms with Crippen molar-refractivity contribution in [3.8, 4) is 5.82 Å². The van der Waals surface area contributed by atoms with Gasteiger partial charge in [0.05, 0.1) is 0 Å². The predicted octanol–water partition coefficient (Wildman–Crippen LogP) is 1.85. The van der Waals surface area contributed by atoms with E-state index in [1.54, 1.807) is 12.4 Å². The molecule has 0 spiro atoms. The van der Waals surface area contributed by atoms with Crippen molar-refractivity contribution in [2.45, 2.75) is 27.3 Å². The quantitative estimate of drug-likeness (QED) is 0.910. The van der Waals surface area contributed by atoms with Crippen LogP contribution in [0.4, 0.5) is 0 Å². The van der Waals surface area contributed by atoms with Crippen LogP contribution >= 0.6 is 0 Å². The van der Waals surface area contributed by atoms with Gasteiger partial charge in [0.25, 0.3) is 0 Å². The van der Waals surface area contributed by atoms with E-state index in [0.29, 0.717) is 6.54 Å². The minimum atomic E-state index is -0.00259. The molecule has 2 rings (SSSR count). The Labute approximate surface area is 112 Å². The Balaban J connectivity index is 2.12. The summed E-state index contributed by atoms with van der Waals surface area (Å²) in [6, 6.07) is 3.85. The first-order valence-electron chi connectivity index (χ1n) is 6.31. The number of rotatable bonds is 4. The van der Waals surface area contributed by atoms with Gasteiger partial charge in [-0.15, -0.1) is 0 Å². The smallest absolute Gasteiger partial charge is 0.222 e. The number of pyridine rings is 1. The number of aromatic nitrogens is 3. The first-order valence-corrected chi connectivity index (χ1v) is 6.31. The molecule has 5 heteroatoms. The van der Waals surface area contributed by atoms with Crippen molar-refractivity contribution >= 4 is 5.91 Å². The van der Waals surface area contributed by atoms with Crippen LogP contribution in [0, 0.1) is 12.8 Å². The van der Waals surface area contributed by atoms with Crippen LogP contribution < -0.4 is 5.32 Å². The van der Waals surface area contributed by atoms with Gasteiger partial charge in [0.1, 0.15) is 11.6 Å². The Morgan fingerprint density at radius 3 is 2.79 bits per heavy atom. The first kappa shape index (κ1) is 13.3. The van der Waals surface area contributed by atoms with Crippen molar-refractivity contribution in [3.63, 3.8) is 0 Å². The zero-order chi connectivity index (χ0) is 13.8. The van der Waals surface area contributed by atoms with E-state index in [0.717, 1.165) is 17.2 Å². The van der Waals surface area contributed by atoms with Gasteiger partial charge in [0.15, 0.2) is 0 Å². The van der Waals surface area contributed by atoms with E-state index < -0.39 is 0 Å². The van der Waals surface area contributed by atoms with Crippen molar-refractivity contribution in [3.05, 3.63) is 42.1 Å². The van der Waals surface area contributed by atoms with Gasteiger partial charge in [0, 0.05) is 31.1 Å². The molecule has 2 aromatic rings. The number of imidazole rings is 1. The standard InChI is InChI=1S/C14H18N4O/c1-10(2)14(19)17-9-12-4-5-16-13(8-12)18-7-6-15-11(18)3/h4-8,10H,9H2,1-3H3,(H,17,19). The lowest BCUT2D eigenvalue weighted by Crippen LogP contribution is -2.27. The molecular formula is C14H18N4O. The Morgan fingerprint density at radius 2 is 2.16 bits per heavy atom. The molecule has 0 unspecified atom stereocenters. The highest BCUT2D eigenvalue weighted by atomic mass is 16.1. The summed E-state index contributed by atoms with van der Waals surface area (Å²) in [5.74, 6) is 1.75. The van der Waals surface area contributed by atoms with Crippen LogP contribution in [0.2, 0.25) is 0 Å². The van der Waals surface area contributed by atoms with Crippen LogP contribution in [0.25, 0.3) is 5.82 Å². The number of aryl methyl sites for hydroxylation is 1. The van der Waals surface area contributed by atoms with Gasteiger partial charge in [-0.05, 0) is 24.6 Å². The molecular weight excluding hydrogens is 240 g/mol. The number of nitrogens with zero attached hydrogens (tertiary/aromatic N) is 3. The van der Waals surface area contributed by atoms with Crippen molar-refractivity contribution in [1.82, 2.24) is 19.9 Å². The molecule has 0 aromatic carbocycles. The van der Waals surface area contributed by atoms with Crippen LogP contribution in [0.5, 0.6) is 0 Å². The lowest BCUT2D eigenvalue weighted by Gasteiger charge is -2.09. The normalized spacial score (nSPS) is 10.7. The maximum Gasteiger partial charge on any atom is 0.222 e. The summed E-state index contributed by atoms with van der Waals surface area (Å²) >= 11 is 0. The van der Waals surface area contributed by atoms with Gasteiger partial charge in [-0.3, -0.25) is 9.36 Å². The van der Waals surface area contributed by atoms with Crippen molar-refractivity contribution in [1.29, 1.82) is 0 Å². The summed E-state index contributed by atoms with van der Waals surface area (Å²) in [7, 11) is 0. The number of carbonyl (C=O) groups excluding carboxylic acids is 1. The van der Waals surface area contributed by atoms with Gasteiger partial charge >= 0.3 is 0 Å². The summed E-state index contributed by atoms with van der Waals surface area (Å²) in [6.07, 6.45) is 5.35. The summed E-state index contributed by atoms with van der Waals surface area (Å²) in [5, 5.41) is 2.89. The fourth-order valence-electron chi connectivity index (χ4n) is 1.72. The topological polar surface area (TPSA) is 59.8 Å². The van der Waals surface area contributed by atoms with Crippen molar-refractivity contribution in [2.24, 2.45) is 5.92 Å². The van der Waals surface area contributed by atoms with Gasteiger partial charge in [-0.25, -0.2) is 9.97 Å². The van der Waals surface area contributed by atoms with Gasteiger partial charge in [0.2, 0.25) is 5.91 Å². The van der Waals surface area contributed by atoms with Crippen LogP contribution in [0.3, 0.4) is 0 Å². The summed E-state index contributed by atoms with van der Waals surface area (Å²) in [6.45, 7) is 6.19. The number of hydrogen-bond donors (Lipinski definition) is 1. The zero-order valence-corrected chi connectivity index (χ0v) is 11.4. The maximum atomic E-state index is 11.5. The lowest BCUT2D eigenvalue weighted by molar-refractivity contribution is -0.124. The second kappa shape index (κ2) is 5.65. The van der Waals surface area contributed by atoms with E-state index in [9.17, 15) is 4.79 Å². The second-order valence-electron chi connectivity index (χ2n) is 4.74. The molecule has 0 fully saturated rings. The SMILES string of the molecule is Cc1nccn1-c1cc(CNC(=O)C(C)C)ccn1. The number of hydrogen-bond acceptors (Lipinski definition) is 3. The van der Waals surface area contributed by atoms with E-state index in [4.69, 9.17) is 0 Å². The molecule has 5 nitrogen and oxygen atoms in total. The largest absolute Gasteiger partial charge is 0.352 e. The molecule has 1 amide bonds. The summed E-state index contributed by atoms with van der Waals surface area (Å²) in [4.78, 5) is 20.0. The van der Waals surface area contributed by atoms with E-state index >= 15 is 0 Å². The fraction of sp³-hybridized carbons (Fsp3) is 0.357. The third kappa shape index (κ3) is 3.19. The Kier molecular flexibility index (Phi) is 3.94. The maximum absolute atomic E-state index is 11.5. The van der Waals surface area contributed by atoms with E-state index in [1.165, 1.54) is 0 Å². The third-order valence-electron chi connectivity index (χ3n) is 2.87. The monoisotopic (exact) mass is 258 g/mol. The predicted molar refractivity (Wildman–Crippen MR) is 72.8 cm³/mol. The molecule has 0 aliphatic rings. The molecule has 0 atom stereocenters. The Morgan fingerprint density at radius 1 is 1.37 bits per heavy atom. The molecule has 2 heterocycles. The van der Waals surface area contributed by atoms with Gasteiger partial charge < -0.3 is 5.32 Å². The number of amides is 1. The molecule has 0 radical (unpaired) electrons. The highest BCUT2D eigenvalue weighted by Gasteiger charge is 2.07. The Bertz CT molecular complexity index is 574. The highest BCUT2D eigenvalue weighted by Crippen LogP contribution is 2.09. The molecule has 1 N–H and O–H groups in total. The van der Waals surface area contributed by atoms with E-state index in [-0.39, 0.29) is 11.8 Å². The first-order chi connectivity index (χ1) is 9.08. The molecule has 0 saturated carbocycles. The van der Waals surface area contributed by atoms with Gasteiger partial charge in [-0.1, -0.05) is 13.8 Å². The molecule has 19 heavy (non-hydrogen) atoms. The molecule has 2 aromatic heterocycles. The van der Waals surface area contributed by atoms with E-state index in [2.05, 4.69) is 15.3 Å². The highest BCUT2D eigenvalue weighted by molar-refractivity contribution is 5.77. The van der Waals surface area contributed by atoms with Crippen LogP contribution in [-0.4, -0.2) is 20.4 Å². The average molecular weight is 258 g/mol. The van der Waals surface area contributed by atoms with E-state index in [1.807, 2.05) is 43.7 Å². The molecule has 0 aliphatic heterocycles. The molecule has 100 valence electrons. The summed E-state index contributed by atoms with van der Waals surface area (Å²) in [5.41, 5.74) is 1.02. The van der Waals surface area contributed by atoms with Crippen molar-refractivity contribution < 1.29 is 4.79 Å². The molecule has 0 saturated heterocycles. The van der Waals surface area contributed by atoms with Crippen molar-refractivity contribution in [2.75, 3.05) is 0 Å². The zero-order valence-electron chi connectivity index (χ0n) is 11.4. The van der Waals surface area contributed by atoms with Crippen LogP contribution in [0.1, 0.15) is 25.2 Å². The Hall–Kier alpha value is -2.17. The molecule has 0 aliphatic carbocycles. The number of nitrogens with one attached hydrogen (secondary N) is 1. The minimum Gasteiger partial charge on any atom is -0.352 e. The number of carbonyl (C=O) groups is 1. The fourth-order valence-corrected chi connectivity index (χ4v) is 1.72. The van der Waals surface area contributed by atoms with Crippen LogP contribution in [0.15, 0.2) is 30.7 Å². The lowest BCUT2D eigenvalue weighted by atomic mass is 10.2. The third-order valence-corrected chi connectivity index (χ3v) is 2.87. The molecule has 0 bridgehead atoms. The minimum absolute atomic E-state index is 0.00259. The van der Waals surface area contributed by atoms with Gasteiger partial charge in [-0.2, -0.15) is 0 Å². The van der Waals surface area contributed by atoms with Crippen LogP contribution in [-0.2, 0) is 11.3 Å². The summed E-state index contributed by atoms with van der Waals surface area (Å²) < 4.78 is 1.91.